The van der Waals surface area contributed by atoms with E-state index >= 15 is 0 Å². The number of non-ortho nitro benzene ring substituents is 1. The van der Waals surface area contributed by atoms with Crippen LogP contribution in [-0.4, -0.2) is 20.8 Å². The lowest BCUT2D eigenvalue weighted by molar-refractivity contribution is -0.384. The fourth-order valence-electron chi connectivity index (χ4n) is 2.42. The summed E-state index contributed by atoms with van der Waals surface area (Å²) in [6, 6.07) is 5.59. The van der Waals surface area contributed by atoms with E-state index in [0.29, 0.717) is 15.7 Å². The van der Waals surface area contributed by atoms with Crippen molar-refractivity contribution in [2.45, 2.75) is 26.8 Å². The molecular weight excluding hydrogens is 404 g/mol. The standard InChI is InChI=1S/C17H15BrN4O4/c1-9(2)21-16(23)12(7-19)10(3)13(17(21)24)8-20-15-5-4-11(22(25)26)6-14(15)18/h4-6,8-9,24H,1-3H3. The Morgan fingerprint density at radius 3 is 2.62 bits per heavy atom. The van der Waals surface area contributed by atoms with E-state index in [-0.39, 0.29) is 28.7 Å². The molecule has 0 unspecified atom stereocenters. The van der Waals surface area contributed by atoms with E-state index in [1.54, 1.807) is 20.8 Å². The monoisotopic (exact) mass is 418 g/mol. The van der Waals surface area contributed by atoms with Gasteiger partial charge in [-0.2, -0.15) is 5.26 Å². The zero-order valence-corrected chi connectivity index (χ0v) is 15.8. The molecule has 134 valence electrons. The van der Waals surface area contributed by atoms with Crippen LogP contribution in [0.4, 0.5) is 11.4 Å². The van der Waals surface area contributed by atoms with E-state index in [2.05, 4.69) is 20.9 Å². The van der Waals surface area contributed by atoms with Gasteiger partial charge >= 0.3 is 0 Å². The third-order valence-corrected chi connectivity index (χ3v) is 4.42. The molecule has 0 aliphatic rings. The van der Waals surface area contributed by atoms with Gasteiger partial charge in [-0.15, -0.1) is 0 Å². The van der Waals surface area contributed by atoms with Crippen molar-refractivity contribution >= 4 is 33.5 Å². The van der Waals surface area contributed by atoms with Gasteiger partial charge in [-0.25, -0.2) is 0 Å². The van der Waals surface area contributed by atoms with E-state index in [9.17, 15) is 25.3 Å². The lowest BCUT2D eigenvalue weighted by Crippen LogP contribution is -2.26. The van der Waals surface area contributed by atoms with Crippen LogP contribution in [0.2, 0.25) is 0 Å². The minimum Gasteiger partial charge on any atom is -0.494 e. The molecule has 1 aromatic carbocycles. The first-order valence-corrected chi connectivity index (χ1v) is 8.34. The molecule has 2 aromatic rings. The summed E-state index contributed by atoms with van der Waals surface area (Å²) in [7, 11) is 0. The van der Waals surface area contributed by atoms with Crippen LogP contribution in [0.3, 0.4) is 0 Å². The molecule has 26 heavy (non-hydrogen) atoms. The fourth-order valence-corrected chi connectivity index (χ4v) is 2.89. The molecule has 8 nitrogen and oxygen atoms in total. The molecule has 9 heteroatoms. The number of aliphatic imine (C=N–C) groups is 1. The van der Waals surface area contributed by atoms with Gasteiger partial charge < -0.3 is 5.11 Å². The highest BCUT2D eigenvalue weighted by Crippen LogP contribution is 2.30. The van der Waals surface area contributed by atoms with Gasteiger partial charge in [-0.1, -0.05) is 0 Å². The summed E-state index contributed by atoms with van der Waals surface area (Å²) in [6.07, 6.45) is 1.33. The van der Waals surface area contributed by atoms with Crippen molar-refractivity contribution in [1.29, 1.82) is 5.26 Å². The predicted octanol–water partition coefficient (Wildman–Crippen LogP) is 3.74. The van der Waals surface area contributed by atoms with Crippen molar-refractivity contribution in [3.8, 4) is 11.9 Å². The zero-order valence-electron chi connectivity index (χ0n) is 14.2. The van der Waals surface area contributed by atoms with E-state index in [1.165, 1.54) is 24.4 Å². The number of aromatic nitrogens is 1. The summed E-state index contributed by atoms with van der Waals surface area (Å²) in [6.45, 7) is 4.98. The van der Waals surface area contributed by atoms with Gasteiger partial charge in [0.2, 0.25) is 5.88 Å². The Kier molecular flexibility index (Phi) is 5.57. The minimum absolute atomic E-state index is 0.0688. The summed E-state index contributed by atoms with van der Waals surface area (Å²) in [5.74, 6) is -0.289. The molecule has 0 aliphatic heterocycles. The topological polar surface area (TPSA) is 122 Å². The van der Waals surface area contributed by atoms with Crippen LogP contribution in [0.15, 0.2) is 32.5 Å². The first kappa shape index (κ1) is 19.3. The first-order chi connectivity index (χ1) is 12.2. The van der Waals surface area contributed by atoms with Crippen molar-refractivity contribution < 1.29 is 10.0 Å². The summed E-state index contributed by atoms with van der Waals surface area (Å²) in [4.78, 5) is 26.8. The number of nitriles is 1. The minimum atomic E-state index is -0.564. The molecule has 1 N–H and O–H groups in total. The van der Waals surface area contributed by atoms with Crippen LogP contribution in [0.5, 0.6) is 5.88 Å². The molecule has 0 aliphatic carbocycles. The summed E-state index contributed by atoms with van der Waals surface area (Å²) in [5, 5.41) is 30.5. The average molecular weight is 419 g/mol. The third kappa shape index (κ3) is 3.50. The van der Waals surface area contributed by atoms with E-state index < -0.39 is 10.5 Å². The molecule has 1 aromatic heterocycles. The van der Waals surface area contributed by atoms with Crippen LogP contribution < -0.4 is 5.56 Å². The molecule has 0 fully saturated rings. The Labute approximate surface area is 157 Å². The van der Waals surface area contributed by atoms with Crippen molar-refractivity contribution in [1.82, 2.24) is 4.57 Å². The number of hydrogen-bond acceptors (Lipinski definition) is 6. The van der Waals surface area contributed by atoms with Crippen LogP contribution in [0.1, 0.15) is 36.6 Å². The molecule has 0 bridgehead atoms. The number of nitro benzene ring substituents is 1. The molecule has 0 spiro atoms. The number of rotatable bonds is 4. The van der Waals surface area contributed by atoms with Gasteiger partial charge in [0.1, 0.15) is 11.6 Å². The number of halogens is 1. The van der Waals surface area contributed by atoms with Crippen LogP contribution in [0, 0.1) is 28.4 Å². The molecule has 0 radical (unpaired) electrons. The second kappa shape index (κ2) is 7.49. The highest BCUT2D eigenvalue weighted by molar-refractivity contribution is 9.10. The van der Waals surface area contributed by atoms with Crippen LogP contribution in [-0.2, 0) is 0 Å². The smallest absolute Gasteiger partial charge is 0.271 e. The maximum atomic E-state index is 12.3. The largest absolute Gasteiger partial charge is 0.494 e. The van der Waals surface area contributed by atoms with Gasteiger partial charge in [-0.3, -0.25) is 24.5 Å². The number of pyridine rings is 1. The van der Waals surface area contributed by atoms with Crippen molar-refractivity contribution in [3.05, 3.63) is 59.8 Å². The summed E-state index contributed by atoms with van der Waals surface area (Å²) >= 11 is 3.22. The Bertz CT molecular complexity index is 1020. The Hall–Kier alpha value is -2.99. The molecule has 0 amide bonds. The SMILES string of the molecule is Cc1c(C=Nc2ccc([N+](=O)[O-])cc2Br)c(O)n(C(C)C)c(=O)c1C#N. The maximum Gasteiger partial charge on any atom is 0.271 e. The molecular formula is C17H15BrN4O4. The number of aromatic hydroxyl groups is 1. The lowest BCUT2D eigenvalue weighted by atomic mass is 10.1. The molecule has 0 saturated heterocycles. The quantitative estimate of drug-likeness (QED) is 0.460. The molecule has 0 atom stereocenters. The van der Waals surface area contributed by atoms with Gasteiger partial charge in [0, 0.05) is 28.9 Å². The van der Waals surface area contributed by atoms with E-state index in [1.807, 2.05) is 6.07 Å². The second-order valence-corrected chi connectivity index (χ2v) is 6.62. The van der Waals surface area contributed by atoms with Gasteiger partial charge in [0.15, 0.2) is 0 Å². The van der Waals surface area contributed by atoms with Crippen molar-refractivity contribution in [3.63, 3.8) is 0 Å². The van der Waals surface area contributed by atoms with Gasteiger partial charge in [0.25, 0.3) is 11.2 Å². The highest BCUT2D eigenvalue weighted by atomic mass is 79.9. The second-order valence-electron chi connectivity index (χ2n) is 5.77. The third-order valence-electron chi connectivity index (χ3n) is 3.78. The van der Waals surface area contributed by atoms with Crippen molar-refractivity contribution in [2.75, 3.05) is 0 Å². The maximum absolute atomic E-state index is 12.3. The highest BCUT2D eigenvalue weighted by Gasteiger charge is 2.19. The number of benzene rings is 1. The Morgan fingerprint density at radius 2 is 2.12 bits per heavy atom. The van der Waals surface area contributed by atoms with Gasteiger partial charge in [0.05, 0.1) is 16.2 Å². The van der Waals surface area contributed by atoms with Crippen LogP contribution in [0.25, 0.3) is 0 Å². The fraction of sp³-hybridized carbons (Fsp3) is 0.235. The van der Waals surface area contributed by atoms with Crippen molar-refractivity contribution in [2.24, 2.45) is 4.99 Å². The number of nitrogens with zero attached hydrogens (tertiary/aromatic N) is 4. The number of nitro groups is 1. The summed E-state index contributed by atoms with van der Waals surface area (Å²) in [5.41, 5.74) is 0.228. The van der Waals surface area contributed by atoms with Gasteiger partial charge in [-0.05, 0) is 48.3 Å². The molecule has 2 rings (SSSR count). The first-order valence-electron chi connectivity index (χ1n) is 7.55. The lowest BCUT2D eigenvalue weighted by Gasteiger charge is -2.16. The summed E-state index contributed by atoms with van der Waals surface area (Å²) < 4.78 is 1.52. The normalized spacial score (nSPS) is 11.1. The number of hydrogen-bond donors (Lipinski definition) is 1. The Morgan fingerprint density at radius 1 is 1.46 bits per heavy atom. The molecule has 0 saturated carbocycles. The van der Waals surface area contributed by atoms with E-state index in [4.69, 9.17) is 0 Å². The molecule has 1 heterocycles. The predicted molar refractivity (Wildman–Crippen MR) is 100 cm³/mol. The van der Waals surface area contributed by atoms with Crippen LogP contribution >= 0.6 is 15.9 Å². The zero-order chi connectivity index (χ0) is 19.6. The Balaban J connectivity index is 2.62. The van der Waals surface area contributed by atoms with E-state index in [0.717, 1.165) is 4.57 Å². The average Bonchev–Trinajstić information content (AvgIpc) is 2.55.